The van der Waals surface area contributed by atoms with E-state index < -0.39 is 0 Å². The summed E-state index contributed by atoms with van der Waals surface area (Å²) >= 11 is 0. The molecule has 1 aliphatic carbocycles. The molecule has 3 aromatic rings. The maximum absolute atomic E-state index is 2.54. The van der Waals surface area contributed by atoms with Crippen molar-refractivity contribution in [2.24, 2.45) is 16.7 Å². The first-order chi connectivity index (χ1) is 15.8. The van der Waals surface area contributed by atoms with Gasteiger partial charge in [0, 0.05) is 0 Å². The highest BCUT2D eigenvalue weighted by molar-refractivity contribution is 6.73. The second-order valence-corrected chi connectivity index (χ2v) is 11.4. The Kier molecular flexibility index (Phi) is 6.89. The van der Waals surface area contributed by atoms with E-state index in [0.29, 0.717) is 17.9 Å². The maximum atomic E-state index is 2.54. The average molecular weight is 436 g/mol. The molecule has 1 heteroatoms. The third-order valence-corrected chi connectivity index (χ3v) is 9.47. The lowest BCUT2D eigenvalue weighted by Gasteiger charge is -2.55. The Balaban J connectivity index is 1.63. The molecule has 0 spiro atoms. The summed E-state index contributed by atoms with van der Waals surface area (Å²) in [7, 11) is 0. The average Bonchev–Trinajstić information content (AvgIpc) is 2.78. The number of hydrogen-bond donors (Lipinski definition) is 0. The van der Waals surface area contributed by atoms with Gasteiger partial charge in [-0.25, -0.2) is 0 Å². The molecule has 172 valence electrons. The van der Waals surface area contributed by atoms with Gasteiger partial charge in [0.25, 0.3) is 0 Å². The van der Waals surface area contributed by atoms with Crippen LogP contribution in [0, 0.1) is 16.7 Å². The van der Waals surface area contributed by atoms with Crippen molar-refractivity contribution in [3.63, 3.8) is 0 Å². The molecule has 1 fully saturated rings. The molecule has 1 saturated carbocycles. The highest BCUT2D eigenvalue weighted by Gasteiger charge is 2.50. The van der Waals surface area contributed by atoms with Crippen LogP contribution in [0.4, 0.5) is 0 Å². The zero-order chi connectivity index (χ0) is 23.6. The molecule has 0 bridgehead atoms. The highest BCUT2D eigenvalue weighted by Crippen LogP contribution is 2.58. The zero-order valence-corrected chi connectivity index (χ0v) is 21.6. The molecule has 1 unspecified atom stereocenters. The van der Waals surface area contributed by atoms with Crippen molar-refractivity contribution >= 4 is 12.2 Å². The zero-order valence-electron chi connectivity index (χ0n) is 21.6. The summed E-state index contributed by atoms with van der Waals surface area (Å²) in [5.74, 6) is 1.53. The lowest BCUT2D eigenvalue weighted by Crippen LogP contribution is -2.49. The van der Waals surface area contributed by atoms with Gasteiger partial charge in [-0.2, -0.15) is 0 Å². The van der Waals surface area contributed by atoms with Gasteiger partial charge in [0.15, 0.2) is 6.71 Å². The standard InChI is InChI=1S/C32H41B/c1-7-30(32(4,5)31(2,3)28-19-13-20-28)33(6)29-21-12-18-27(23-29)26-17-11-16-25(22-26)24-14-9-8-10-15-24/h8-12,14-18,21-23,28,30H,7,13,19-20H2,1-6H3. The summed E-state index contributed by atoms with van der Waals surface area (Å²) in [5.41, 5.74) is 7.30. The van der Waals surface area contributed by atoms with Crippen LogP contribution in [0.3, 0.4) is 0 Å². The van der Waals surface area contributed by atoms with Crippen LogP contribution in [-0.2, 0) is 0 Å². The summed E-state index contributed by atoms with van der Waals surface area (Å²) in [6, 6.07) is 29.0. The summed E-state index contributed by atoms with van der Waals surface area (Å²) < 4.78 is 0. The molecule has 0 aliphatic heterocycles. The van der Waals surface area contributed by atoms with Gasteiger partial charge in [-0.15, -0.1) is 0 Å². The molecule has 0 aromatic heterocycles. The van der Waals surface area contributed by atoms with Gasteiger partial charge in [-0.1, -0.05) is 138 Å². The van der Waals surface area contributed by atoms with Gasteiger partial charge in [0.2, 0.25) is 0 Å². The van der Waals surface area contributed by atoms with Gasteiger partial charge < -0.3 is 0 Å². The third kappa shape index (κ3) is 4.57. The van der Waals surface area contributed by atoms with Crippen molar-refractivity contribution in [2.75, 3.05) is 0 Å². The van der Waals surface area contributed by atoms with Crippen LogP contribution >= 0.6 is 0 Å². The molecule has 0 saturated heterocycles. The van der Waals surface area contributed by atoms with Crippen molar-refractivity contribution in [2.45, 2.75) is 72.9 Å². The molecule has 0 radical (unpaired) electrons. The molecule has 1 atom stereocenters. The van der Waals surface area contributed by atoms with Crippen LogP contribution in [0.5, 0.6) is 0 Å². The van der Waals surface area contributed by atoms with E-state index in [-0.39, 0.29) is 5.41 Å². The quantitative estimate of drug-likeness (QED) is 0.309. The fraction of sp³-hybridized carbons (Fsp3) is 0.438. The van der Waals surface area contributed by atoms with E-state index in [0.717, 1.165) is 5.92 Å². The molecular formula is C32H41B. The van der Waals surface area contributed by atoms with Crippen molar-refractivity contribution in [3.05, 3.63) is 78.9 Å². The first-order valence-corrected chi connectivity index (χ1v) is 13.0. The number of rotatable bonds is 8. The molecule has 0 N–H and O–H groups in total. The Morgan fingerprint density at radius 2 is 1.30 bits per heavy atom. The van der Waals surface area contributed by atoms with Gasteiger partial charge in [-0.05, 0) is 57.9 Å². The summed E-state index contributed by atoms with van der Waals surface area (Å²) in [6.45, 7) is 15.6. The minimum absolute atomic E-state index is 0.287. The minimum atomic E-state index is 0.287. The van der Waals surface area contributed by atoms with Crippen LogP contribution in [-0.4, -0.2) is 6.71 Å². The predicted octanol–water partition coefficient (Wildman–Crippen LogP) is 8.98. The summed E-state index contributed by atoms with van der Waals surface area (Å²) in [4.78, 5) is 0. The third-order valence-electron chi connectivity index (χ3n) is 9.47. The van der Waals surface area contributed by atoms with Crippen molar-refractivity contribution in [1.29, 1.82) is 0 Å². The molecule has 4 rings (SSSR count). The van der Waals surface area contributed by atoms with E-state index >= 15 is 0 Å². The van der Waals surface area contributed by atoms with Crippen molar-refractivity contribution in [1.82, 2.24) is 0 Å². The maximum Gasteiger partial charge on any atom is 0.176 e. The Morgan fingerprint density at radius 3 is 1.88 bits per heavy atom. The topological polar surface area (TPSA) is 0 Å². The molecule has 0 nitrogen and oxygen atoms in total. The molecule has 0 amide bonds. The second kappa shape index (κ2) is 9.53. The largest absolute Gasteiger partial charge is 0.176 e. The Hall–Kier alpha value is -2.28. The predicted molar refractivity (Wildman–Crippen MR) is 148 cm³/mol. The van der Waals surface area contributed by atoms with Crippen LogP contribution < -0.4 is 5.46 Å². The monoisotopic (exact) mass is 436 g/mol. The molecule has 33 heavy (non-hydrogen) atoms. The van der Waals surface area contributed by atoms with Crippen LogP contribution in [0.15, 0.2) is 78.9 Å². The molecular weight excluding hydrogens is 395 g/mol. The van der Waals surface area contributed by atoms with E-state index in [2.05, 4.69) is 120 Å². The smallest absolute Gasteiger partial charge is 0.0814 e. The van der Waals surface area contributed by atoms with E-state index in [1.807, 2.05) is 0 Å². The van der Waals surface area contributed by atoms with E-state index in [1.54, 1.807) is 0 Å². The van der Waals surface area contributed by atoms with Crippen LogP contribution in [0.25, 0.3) is 22.3 Å². The van der Waals surface area contributed by atoms with E-state index in [9.17, 15) is 0 Å². The SMILES string of the molecule is CCC(B(C)c1cccc(-c2cccc(-c3ccccc3)c2)c1)C(C)(C)C(C)(C)C1CCC1. The fourth-order valence-corrected chi connectivity index (χ4v) is 6.37. The first-order valence-electron chi connectivity index (χ1n) is 13.0. The van der Waals surface area contributed by atoms with Crippen molar-refractivity contribution in [3.8, 4) is 22.3 Å². The first kappa shape index (κ1) is 23.9. The van der Waals surface area contributed by atoms with Crippen LogP contribution in [0.1, 0.15) is 60.3 Å². The number of hydrogen-bond acceptors (Lipinski definition) is 0. The van der Waals surface area contributed by atoms with Gasteiger partial charge in [0.1, 0.15) is 0 Å². The lowest BCUT2D eigenvalue weighted by atomic mass is 9.30. The van der Waals surface area contributed by atoms with Gasteiger partial charge in [0.05, 0.1) is 0 Å². The Labute approximate surface area is 202 Å². The number of benzene rings is 3. The lowest BCUT2D eigenvalue weighted by molar-refractivity contribution is -0.00864. The van der Waals surface area contributed by atoms with Crippen molar-refractivity contribution < 1.29 is 0 Å². The van der Waals surface area contributed by atoms with E-state index in [1.165, 1.54) is 53.4 Å². The Bertz CT molecular complexity index is 1060. The summed E-state index contributed by atoms with van der Waals surface area (Å²) in [6.07, 6.45) is 5.46. The normalized spacial score (nSPS) is 15.7. The Morgan fingerprint density at radius 1 is 0.758 bits per heavy atom. The summed E-state index contributed by atoms with van der Waals surface area (Å²) in [5, 5.41) is 0. The minimum Gasteiger partial charge on any atom is -0.0814 e. The fourth-order valence-electron chi connectivity index (χ4n) is 6.37. The van der Waals surface area contributed by atoms with Gasteiger partial charge in [-0.3, -0.25) is 0 Å². The van der Waals surface area contributed by atoms with Gasteiger partial charge >= 0.3 is 0 Å². The molecule has 0 heterocycles. The molecule has 1 aliphatic rings. The van der Waals surface area contributed by atoms with E-state index in [4.69, 9.17) is 0 Å². The molecule has 3 aromatic carbocycles. The second-order valence-electron chi connectivity index (χ2n) is 11.4. The highest BCUT2D eigenvalue weighted by atomic mass is 14.5. The van der Waals surface area contributed by atoms with Crippen LogP contribution in [0.2, 0.25) is 12.6 Å².